The molecule has 2 aromatic rings. The molecule has 0 aromatic heterocycles. The number of nitrogens with zero attached hydrogens (tertiary/aromatic N) is 2. The minimum atomic E-state index is -3.08. The number of hydrogen-bond donors (Lipinski definition) is 0. The van der Waals surface area contributed by atoms with Crippen molar-refractivity contribution < 1.29 is 37.4 Å². The summed E-state index contributed by atoms with van der Waals surface area (Å²) >= 11 is 0. The molecule has 2 heterocycles. The van der Waals surface area contributed by atoms with Crippen molar-refractivity contribution in [3.63, 3.8) is 0 Å². The highest BCUT2D eigenvalue weighted by atomic mass is 19.3. The Bertz CT molecular complexity index is 1080. The lowest BCUT2D eigenvalue weighted by Gasteiger charge is -2.08. The zero-order valence-electron chi connectivity index (χ0n) is 14.3. The molecule has 0 aliphatic carbocycles. The fourth-order valence-corrected chi connectivity index (χ4v) is 2.73. The molecule has 0 atom stereocenters. The molecule has 2 aliphatic rings. The average molecular weight is 404 g/mol. The van der Waals surface area contributed by atoms with E-state index in [2.05, 4.69) is 9.73 Å². The number of carbonyl (C=O) groups is 1. The number of nitro benzene ring substituents is 1. The zero-order valence-corrected chi connectivity index (χ0v) is 14.3. The predicted octanol–water partition coefficient (Wildman–Crippen LogP) is 3.27. The summed E-state index contributed by atoms with van der Waals surface area (Å²) in [6.07, 6.45) is 1.14. The molecule has 0 amide bonds. The first-order valence-electron chi connectivity index (χ1n) is 8.07. The molecule has 148 valence electrons. The fraction of sp³-hybridized carbons (Fsp3) is 0.111. The van der Waals surface area contributed by atoms with Gasteiger partial charge in [-0.1, -0.05) is 12.1 Å². The molecule has 0 bridgehead atoms. The summed E-state index contributed by atoms with van der Waals surface area (Å²) < 4.78 is 44.9. The Morgan fingerprint density at radius 1 is 1.21 bits per heavy atom. The van der Waals surface area contributed by atoms with Gasteiger partial charge in [-0.3, -0.25) is 10.1 Å². The topological polar surface area (TPSA) is 109 Å². The van der Waals surface area contributed by atoms with Crippen molar-refractivity contribution >= 4 is 23.6 Å². The molecule has 2 aromatic carbocycles. The van der Waals surface area contributed by atoms with E-state index >= 15 is 0 Å². The Morgan fingerprint density at radius 3 is 2.66 bits per heavy atom. The maximum atomic E-state index is 12.6. The summed E-state index contributed by atoms with van der Waals surface area (Å²) in [6.45, 7) is -3.17. The van der Waals surface area contributed by atoms with Crippen LogP contribution in [0.1, 0.15) is 11.1 Å². The number of benzene rings is 2. The zero-order chi connectivity index (χ0) is 20.5. The van der Waals surface area contributed by atoms with Crippen LogP contribution in [0.3, 0.4) is 0 Å². The Morgan fingerprint density at radius 2 is 1.93 bits per heavy atom. The second-order valence-corrected chi connectivity index (χ2v) is 5.73. The summed E-state index contributed by atoms with van der Waals surface area (Å²) in [5.41, 5.74) is -0.522. The Hall–Kier alpha value is -4.02. The Labute approximate surface area is 160 Å². The van der Waals surface area contributed by atoms with Crippen LogP contribution in [0.15, 0.2) is 47.1 Å². The molecular formula is C18H10F2N2O7. The maximum Gasteiger partial charge on any atom is 0.387 e. The van der Waals surface area contributed by atoms with Gasteiger partial charge < -0.3 is 18.9 Å². The molecular weight excluding hydrogens is 394 g/mol. The predicted molar refractivity (Wildman–Crippen MR) is 92.9 cm³/mol. The first kappa shape index (κ1) is 18.3. The number of esters is 1. The van der Waals surface area contributed by atoms with E-state index in [1.165, 1.54) is 36.4 Å². The number of cyclic esters (lactones) is 1. The van der Waals surface area contributed by atoms with Crippen molar-refractivity contribution in [3.05, 3.63) is 63.3 Å². The lowest BCUT2D eigenvalue weighted by molar-refractivity contribution is -0.385. The molecule has 0 unspecified atom stereocenters. The molecule has 0 radical (unpaired) electrons. The van der Waals surface area contributed by atoms with E-state index in [9.17, 15) is 23.7 Å². The van der Waals surface area contributed by atoms with E-state index in [0.717, 1.165) is 6.08 Å². The summed E-state index contributed by atoms with van der Waals surface area (Å²) in [7, 11) is 0. The van der Waals surface area contributed by atoms with E-state index in [1.54, 1.807) is 0 Å². The lowest BCUT2D eigenvalue weighted by atomic mass is 10.1. The largest absolute Gasteiger partial charge is 0.454 e. The van der Waals surface area contributed by atoms with Crippen LogP contribution in [0.5, 0.6) is 17.2 Å². The molecule has 11 heteroatoms. The molecule has 0 saturated carbocycles. The number of alkyl halides is 2. The summed E-state index contributed by atoms with van der Waals surface area (Å²) in [6, 6.07) is 8.14. The number of aliphatic imine (C=N–C) groups is 1. The highest BCUT2D eigenvalue weighted by molar-refractivity contribution is 6.14. The van der Waals surface area contributed by atoms with E-state index in [4.69, 9.17) is 14.2 Å². The van der Waals surface area contributed by atoms with Crippen LogP contribution in [0.25, 0.3) is 6.08 Å². The normalized spacial score (nSPS) is 16.2. The lowest BCUT2D eigenvalue weighted by Crippen LogP contribution is -2.10. The number of fused-ring (bicyclic) bond motifs is 1. The van der Waals surface area contributed by atoms with Gasteiger partial charge in [-0.25, -0.2) is 9.79 Å². The van der Waals surface area contributed by atoms with Gasteiger partial charge >= 0.3 is 12.6 Å². The third-order valence-corrected chi connectivity index (χ3v) is 3.96. The van der Waals surface area contributed by atoms with Crippen molar-refractivity contribution in [2.75, 3.05) is 6.79 Å². The Kier molecular flexibility index (Phi) is 4.55. The highest BCUT2D eigenvalue weighted by Crippen LogP contribution is 2.39. The van der Waals surface area contributed by atoms with Gasteiger partial charge in [-0.15, -0.1) is 0 Å². The van der Waals surface area contributed by atoms with Crippen molar-refractivity contribution in [2.24, 2.45) is 4.99 Å². The van der Waals surface area contributed by atoms with Crippen molar-refractivity contribution in [1.29, 1.82) is 0 Å². The second kappa shape index (κ2) is 7.19. The van der Waals surface area contributed by atoms with Crippen molar-refractivity contribution in [3.8, 4) is 17.2 Å². The van der Waals surface area contributed by atoms with E-state index in [1.807, 2.05) is 0 Å². The van der Waals surface area contributed by atoms with Gasteiger partial charge in [0, 0.05) is 0 Å². The summed E-state index contributed by atoms with van der Waals surface area (Å²) in [5, 5.41) is 11.4. The van der Waals surface area contributed by atoms with Gasteiger partial charge in [0.25, 0.3) is 5.69 Å². The van der Waals surface area contributed by atoms with Crippen LogP contribution in [-0.2, 0) is 9.53 Å². The van der Waals surface area contributed by atoms with Gasteiger partial charge in [-0.05, 0) is 24.3 Å². The monoisotopic (exact) mass is 404 g/mol. The van der Waals surface area contributed by atoms with Crippen molar-refractivity contribution in [2.45, 2.75) is 6.61 Å². The van der Waals surface area contributed by atoms with Crippen LogP contribution in [0.2, 0.25) is 0 Å². The molecule has 0 fully saturated rings. The maximum absolute atomic E-state index is 12.6. The van der Waals surface area contributed by atoms with Gasteiger partial charge in [0.15, 0.2) is 17.2 Å². The molecule has 0 spiro atoms. The number of nitro groups is 1. The van der Waals surface area contributed by atoms with E-state index in [0.29, 0.717) is 0 Å². The molecule has 9 nitrogen and oxygen atoms in total. The van der Waals surface area contributed by atoms with Gasteiger partial charge in [0.1, 0.15) is 5.75 Å². The van der Waals surface area contributed by atoms with Crippen molar-refractivity contribution in [1.82, 2.24) is 0 Å². The van der Waals surface area contributed by atoms with E-state index in [-0.39, 0.29) is 52.5 Å². The summed E-state index contributed by atoms with van der Waals surface area (Å²) in [4.78, 5) is 26.9. The number of halogens is 2. The third-order valence-electron chi connectivity index (χ3n) is 3.96. The first-order chi connectivity index (χ1) is 13.9. The van der Waals surface area contributed by atoms with Crippen LogP contribution in [0.4, 0.5) is 14.5 Å². The fourth-order valence-electron chi connectivity index (χ4n) is 2.73. The van der Waals surface area contributed by atoms with Crippen LogP contribution >= 0.6 is 0 Å². The minimum absolute atomic E-state index is 0.0322. The molecule has 2 aliphatic heterocycles. The Balaban J connectivity index is 1.74. The smallest absolute Gasteiger partial charge is 0.387 e. The standard InChI is InChI=1S/C18H10F2N2O7/c19-18(20)28-13-4-2-1-3-10(13)16-21-11(17(23)29-16)5-9-6-14-15(27-8-26-14)7-12(9)22(24)25/h1-7,18H,8H2/b11-5-. The summed E-state index contributed by atoms with van der Waals surface area (Å²) in [5.74, 6) is -0.923. The number of hydrogen-bond acceptors (Lipinski definition) is 8. The average Bonchev–Trinajstić information content (AvgIpc) is 3.27. The van der Waals surface area contributed by atoms with Crippen LogP contribution in [-0.4, -0.2) is 30.2 Å². The second-order valence-electron chi connectivity index (χ2n) is 5.73. The minimum Gasteiger partial charge on any atom is -0.454 e. The number of rotatable bonds is 5. The van der Waals surface area contributed by atoms with Gasteiger partial charge in [-0.2, -0.15) is 8.78 Å². The first-order valence-corrected chi connectivity index (χ1v) is 8.07. The van der Waals surface area contributed by atoms with E-state index < -0.39 is 17.5 Å². The molecule has 0 N–H and O–H groups in total. The molecule has 0 saturated heterocycles. The molecule has 29 heavy (non-hydrogen) atoms. The van der Waals surface area contributed by atoms with Crippen LogP contribution in [0, 0.1) is 10.1 Å². The number of carbonyl (C=O) groups excluding carboxylic acids is 1. The SMILES string of the molecule is O=C1OC(c2ccccc2OC(F)F)=N/C1=C\c1cc2c(cc1[N+](=O)[O-])OCO2. The quantitative estimate of drug-likeness (QED) is 0.326. The number of ether oxygens (including phenoxy) is 4. The third kappa shape index (κ3) is 3.57. The molecule has 4 rings (SSSR count). The van der Waals surface area contributed by atoms with Gasteiger partial charge in [0.2, 0.25) is 12.7 Å². The van der Waals surface area contributed by atoms with Gasteiger partial charge in [0.05, 0.1) is 22.1 Å². The number of para-hydroxylation sites is 1. The highest BCUT2D eigenvalue weighted by Gasteiger charge is 2.29. The van der Waals surface area contributed by atoms with Crippen LogP contribution < -0.4 is 14.2 Å².